The van der Waals surface area contributed by atoms with E-state index in [0.717, 1.165) is 20.5 Å². The summed E-state index contributed by atoms with van der Waals surface area (Å²) in [6.07, 6.45) is 1.49. The van der Waals surface area contributed by atoms with Crippen molar-refractivity contribution >= 4 is 74.5 Å². The maximum absolute atomic E-state index is 13.6. The monoisotopic (exact) mass is 761 g/mol. The van der Waals surface area contributed by atoms with Gasteiger partial charge in [0.1, 0.15) is 22.5 Å². The molecule has 0 aliphatic rings. The van der Waals surface area contributed by atoms with E-state index in [2.05, 4.69) is 31.9 Å². The van der Waals surface area contributed by atoms with Gasteiger partial charge in [-0.3, -0.25) is 14.4 Å². The molecular weight excluding hydrogens is 734 g/mol. The number of nitrogens with one attached hydrogen (secondary N) is 3. The second-order valence-corrected chi connectivity index (χ2v) is 13.5. The van der Waals surface area contributed by atoms with Crippen molar-refractivity contribution < 1.29 is 18.8 Å². The lowest BCUT2D eigenvalue weighted by Crippen LogP contribution is -2.30. The molecule has 0 radical (unpaired) electrons. The molecule has 50 heavy (non-hydrogen) atoms. The van der Waals surface area contributed by atoms with Gasteiger partial charge < -0.3 is 20.4 Å². The SMILES string of the molecule is O=C(Nc1ccc(S[C@@H](C(=O)Nc2ccc(Cl)cc2)c2ccccc2)cc1)/C(=C/c1ccc(-c2ccc(Br)cc2)o1)NC(=O)c1ccccc1. The molecule has 3 N–H and O–H groups in total. The van der Waals surface area contributed by atoms with Gasteiger partial charge in [0.15, 0.2) is 0 Å². The van der Waals surface area contributed by atoms with Crippen molar-refractivity contribution in [2.24, 2.45) is 0 Å². The largest absolute Gasteiger partial charge is 0.457 e. The summed E-state index contributed by atoms with van der Waals surface area (Å²) in [4.78, 5) is 41.0. The van der Waals surface area contributed by atoms with Crippen LogP contribution in [0.15, 0.2) is 165 Å². The quantitative estimate of drug-likeness (QED) is 0.0902. The molecule has 0 bridgehead atoms. The number of rotatable bonds is 11. The number of benzene rings is 5. The minimum Gasteiger partial charge on any atom is -0.457 e. The Balaban J connectivity index is 1.20. The number of carbonyl (C=O) groups is 3. The number of amides is 3. The first-order valence-electron chi connectivity index (χ1n) is 15.4. The van der Waals surface area contributed by atoms with Crippen molar-refractivity contribution in [3.05, 3.63) is 178 Å². The zero-order valence-corrected chi connectivity index (χ0v) is 29.5. The zero-order valence-electron chi connectivity index (χ0n) is 26.3. The topological polar surface area (TPSA) is 100 Å². The average Bonchev–Trinajstić information content (AvgIpc) is 3.61. The molecule has 1 atom stereocenters. The average molecular weight is 763 g/mol. The van der Waals surface area contributed by atoms with Gasteiger partial charge in [-0.15, -0.1) is 11.8 Å². The maximum atomic E-state index is 13.6. The van der Waals surface area contributed by atoms with Gasteiger partial charge in [-0.25, -0.2) is 0 Å². The van der Waals surface area contributed by atoms with Gasteiger partial charge in [0.2, 0.25) is 5.91 Å². The number of hydrogen-bond donors (Lipinski definition) is 3. The summed E-state index contributed by atoms with van der Waals surface area (Å²) in [5.74, 6) is -0.173. The van der Waals surface area contributed by atoms with Crippen LogP contribution in [0.5, 0.6) is 0 Å². The summed E-state index contributed by atoms with van der Waals surface area (Å²) in [7, 11) is 0. The predicted octanol–water partition coefficient (Wildman–Crippen LogP) is 10.2. The van der Waals surface area contributed by atoms with Crippen LogP contribution in [-0.2, 0) is 9.59 Å². The van der Waals surface area contributed by atoms with Crippen LogP contribution in [0.25, 0.3) is 17.4 Å². The Kier molecular flexibility index (Phi) is 11.3. The third-order valence-corrected chi connectivity index (χ3v) is 9.44. The normalized spacial score (nSPS) is 11.8. The highest BCUT2D eigenvalue weighted by atomic mass is 79.9. The van der Waals surface area contributed by atoms with Crippen LogP contribution in [-0.4, -0.2) is 17.7 Å². The highest BCUT2D eigenvalue weighted by Crippen LogP contribution is 2.37. The van der Waals surface area contributed by atoms with Crippen molar-refractivity contribution in [1.29, 1.82) is 0 Å². The Bertz CT molecular complexity index is 2120. The third kappa shape index (κ3) is 9.21. The van der Waals surface area contributed by atoms with E-state index < -0.39 is 17.1 Å². The molecule has 7 nitrogen and oxygen atoms in total. The first-order chi connectivity index (χ1) is 24.3. The second kappa shape index (κ2) is 16.4. The van der Waals surface area contributed by atoms with Gasteiger partial charge in [-0.05, 0) is 90.5 Å². The summed E-state index contributed by atoms with van der Waals surface area (Å²) < 4.78 is 6.96. The van der Waals surface area contributed by atoms with Crippen molar-refractivity contribution in [1.82, 2.24) is 5.32 Å². The minimum atomic E-state index is -0.550. The first-order valence-corrected chi connectivity index (χ1v) is 17.5. The lowest BCUT2D eigenvalue weighted by atomic mass is 10.1. The number of halogens is 2. The van der Waals surface area contributed by atoms with Crippen LogP contribution in [0.1, 0.15) is 26.9 Å². The van der Waals surface area contributed by atoms with E-state index in [1.807, 2.05) is 72.8 Å². The van der Waals surface area contributed by atoms with Crippen LogP contribution < -0.4 is 16.0 Å². The highest BCUT2D eigenvalue weighted by Gasteiger charge is 2.23. The summed E-state index contributed by atoms with van der Waals surface area (Å²) >= 11 is 10.8. The van der Waals surface area contributed by atoms with Crippen molar-refractivity contribution in [2.75, 3.05) is 10.6 Å². The maximum Gasteiger partial charge on any atom is 0.272 e. The predicted molar refractivity (Wildman–Crippen MR) is 204 cm³/mol. The van der Waals surface area contributed by atoms with E-state index in [0.29, 0.717) is 33.5 Å². The van der Waals surface area contributed by atoms with E-state index in [9.17, 15) is 14.4 Å². The molecule has 6 rings (SSSR count). The molecule has 5 aromatic carbocycles. The molecular formula is C40H29BrClN3O4S. The molecule has 1 heterocycles. The molecule has 0 spiro atoms. The van der Waals surface area contributed by atoms with Gasteiger partial charge in [-0.1, -0.05) is 88.2 Å². The van der Waals surface area contributed by atoms with Gasteiger partial charge in [-0.2, -0.15) is 0 Å². The van der Waals surface area contributed by atoms with Crippen LogP contribution in [0.2, 0.25) is 5.02 Å². The van der Waals surface area contributed by atoms with Gasteiger partial charge in [0.25, 0.3) is 11.8 Å². The lowest BCUT2D eigenvalue weighted by Gasteiger charge is -2.17. The van der Waals surface area contributed by atoms with Gasteiger partial charge >= 0.3 is 0 Å². The smallest absolute Gasteiger partial charge is 0.272 e. The van der Waals surface area contributed by atoms with Gasteiger partial charge in [0.05, 0.1) is 0 Å². The molecule has 3 amide bonds. The Hall–Kier alpha value is -5.35. The molecule has 0 fully saturated rings. The first kappa shape index (κ1) is 34.5. The highest BCUT2D eigenvalue weighted by molar-refractivity contribution is 9.10. The van der Waals surface area contributed by atoms with Crippen molar-refractivity contribution in [2.45, 2.75) is 10.1 Å². The number of furan rings is 1. The molecule has 6 aromatic rings. The summed E-state index contributed by atoms with van der Waals surface area (Å²) in [6, 6.07) is 43.4. The Morgan fingerprint density at radius 1 is 0.700 bits per heavy atom. The fourth-order valence-electron chi connectivity index (χ4n) is 4.88. The zero-order chi connectivity index (χ0) is 34.9. The Morgan fingerprint density at radius 3 is 2.00 bits per heavy atom. The number of hydrogen-bond acceptors (Lipinski definition) is 5. The molecule has 0 unspecified atom stereocenters. The molecule has 248 valence electrons. The van der Waals surface area contributed by atoms with Crippen LogP contribution >= 0.6 is 39.3 Å². The third-order valence-electron chi connectivity index (χ3n) is 7.39. The number of thioether (sulfide) groups is 1. The van der Waals surface area contributed by atoms with E-state index in [4.69, 9.17) is 16.0 Å². The molecule has 1 aromatic heterocycles. The van der Waals surface area contributed by atoms with E-state index >= 15 is 0 Å². The van der Waals surface area contributed by atoms with Crippen LogP contribution in [0, 0.1) is 0 Å². The minimum absolute atomic E-state index is 0.00276. The van der Waals surface area contributed by atoms with E-state index in [-0.39, 0.29) is 11.6 Å². The molecule has 0 saturated heterocycles. The molecule has 0 aliphatic heterocycles. The second-order valence-electron chi connectivity index (χ2n) is 11.0. The lowest BCUT2D eigenvalue weighted by molar-refractivity contribution is -0.116. The molecule has 10 heteroatoms. The van der Waals surface area contributed by atoms with E-state index in [1.54, 1.807) is 72.8 Å². The number of carbonyl (C=O) groups excluding carboxylic acids is 3. The van der Waals surface area contributed by atoms with Crippen LogP contribution in [0.4, 0.5) is 11.4 Å². The fourth-order valence-corrected chi connectivity index (χ4v) is 6.29. The number of anilines is 2. The molecule has 0 saturated carbocycles. The van der Waals surface area contributed by atoms with Gasteiger partial charge in [0, 0.05) is 43.0 Å². The van der Waals surface area contributed by atoms with Crippen molar-refractivity contribution in [3.63, 3.8) is 0 Å². The Morgan fingerprint density at radius 2 is 1.32 bits per heavy atom. The van der Waals surface area contributed by atoms with E-state index in [1.165, 1.54) is 17.8 Å². The summed E-state index contributed by atoms with van der Waals surface area (Å²) in [5, 5.41) is 8.61. The van der Waals surface area contributed by atoms with Crippen LogP contribution in [0.3, 0.4) is 0 Å². The molecule has 0 aliphatic carbocycles. The standard InChI is InChI=1S/C40H29BrClN3O4S/c41-29-13-11-26(12-14-29)36-24-21-33(49-36)25-35(45-38(46)28-9-5-2-6-10-28)39(47)43-32-19-22-34(23-20-32)50-37(27-7-3-1-4-8-27)40(48)44-31-17-15-30(42)16-18-31/h1-25,37H,(H,43,47)(H,44,48)(H,45,46)/b35-25-/t37-/m1/s1. The fraction of sp³-hybridized carbons (Fsp3) is 0.0250. The summed E-state index contributed by atoms with van der Waals surface area (Å²) in [6.45, 7) is 0. The van der Waals surface area contributed by atoms with Crippen molar-refractivity contribution in [3.8, 4) is 11.3 Å². The Labute approximate surface area is 306 Å². The summed E-state index contributed by atoms with van der Waals surface area (Å²) in [5.41, 5.74) is 3.23.